The summed E-state index contributed by atoms with van der Waals surface area (Å²) in [7, 11) is 1.51. The minimum Gasteiger partial charge on any atom is -0.493 e. The van der Waals surface area contributed by atoms with E-state index in [9.17, 15) is 4.79 Å². The van der Waals surface area contributed by atoms with Crippen molar-refractivity contribution in [1.82, 2.24) is 4.98 Å². The number of benzene rings is 1. The molecule has 0 amide bonds. The van der Waals surface area contributed by atoms with Gasteiger partial charge in [-0.05, 0) is 18.2 Å². The third-order valence-electron chi connectivity index (χ3n) is 2.19. The molecule has 0 saturated carbocycles. The van der Waals surface area contributed by atoms with Crippen LogP contribution in [-0.4, -0.2) is 29.8 Å². The van der Waals surface area contributed by atoms with Gasteiger partial charge in [0.1, 0.15) is 5.01 Å². The van der Waals surface area contributed by atoms with Crippen LogP contribution in [0.15, 0.2) is 29.8 Å². The zero-order valence-corrected chi connectivity index (χ0v) is 10.4. The Morgan fingerprint density at radius 2 is 2.28 bits per heavy atom. The Kier molecular flexibility index (Phi) is 3.78. The van der Waals surface area contributed by atoms with E-state index in [1.165, 1.54) is 18.4 Å². The fourth-order valence-corrected chi connectivity index (χ4v) is 2.06. The zero-order valence-electron chi connectivity index (χ0n) is 9.62. The second-order valence-electron chi connectivity index (χ2n) is 3.39. The molecule has 94 valence electrons. The van der Waals surface area contributed by atoms with Crippen LogP contribution in [0.1, 0.15) is 0 Å². The maximum Gasteiger partial charge on any atom is 0.341 e. The lowest BCUT2D eigenvalue weighted by Crippen LogP contribution is -2.10. The molecule has 0 atom stereocenters. The van der Waals surface area contributed by atoms with Gasteiger partial charge in [-0.1, -0.05) is 0 Å². The van der Waals surface area contributed by atoms with E-state index in [-0.39, 0.29) is 0 Å². The quantitative estimate of drug-likeness (QED) is 0.898. The van der Waals surface area contributed by atoms with Crippen LogP contribution >= 0.6 is 11.3 Å². The fraction of sp³-hybridized carbons (Fsp3) is 0.167. The third-order valence-corrected chi connectivity index (χ3v) is 3.02. The van der Waals surface area contributed by atoms with Crippen molar-refractivity contribution in [2.45, 2.75) is 0 Å². The van der Waals surface area contributed by atoms with E-state index in [2.05, 4.69) is 4.98 Å². The maximum absolute atomic E-state index is 10.5. The third kappa shape index (κ3) is 2.78. The first kappa shape index (κ1) is 12.4. The van der Waals surface area contributed by atoms with Gasteiger partial charge < -0.3 is 14.6 Å². The van der Waals surface area contributed by atoms with Crippen LogP contribution in [0.4, 0.5) is 0 Å². The number of carbonyl (C=O) groups is 1. The monoisotopic (exact) mass is 265 g/mol. The molecule has 1 N–H and O–H groups in total. The molecule has 0 spiro atoms. The van der Waals surface area contributed by atoms with Crippen LogP contribution in [0.25, 0.3) is 10.6 Å². The fourth-order valence-electron chi connectivity index (χ4n) is 1.43. The lowest BCUT2D eigenvalue weighted by molar-refractivity contribution is -0.139. The van der Waals surface area contributed by atoms with E-state index < -0.39 is 12.6 Å². The number of hydrogen-bond acceptors (Lipinski definition) is 5. The van der Waals surface area contributed by atoms with Gasteiger partial charge in [0.05, 0.1) is 7.11 Å². The van der Waals surface area contributed by atoms with Crippen LogP contribution in [0.5, 0.6) is 11.5 Å². The molecule has 0 saturated heterocycles. The van der Waals surface area contributed by atoms with E-state index in [0.29, 0.717) is 11.5 Å². The Morgan fingerprint density at radius 1 is 1.44 bits per heavy atom. The van der Waals surface area contributed by atoms with E-state index in [1.54, 1.807) is 18.3 Å². The molecule has 1 aromatic heterocycles. The summed E-state index contributed by atoms with van der Waals surface area (Å²) in [6.45, 7) is -0.396. The molecule has 1 aromatic carbocycles. The molecule has 0 aliphatic carbocycles. The van der Waals surface area contributed by atoms with E-state index >= 15 is 0 Å². The summed E-state index contributed by atoms with van der Waals surface area (Å²) in [5.41, 5.74) is 0.907. The van der Waals surface area contributed by atoms with Crippen molar-refractivity contribution in [3.05, 3.63) is 29.8 Å². The lowest BCUT2D eigenvalue weighted by atomic mass is 10.2. The highest BCUT2D eigenvalue weighted by Crippen LogP contribution is 2.33. The van der Waals surface area contributed by atoms with Gasteiger partial charge in [-0.2, -0.15) is 0 Å². The summed E-state index contributed by atoms with van der Waals surface area (Å²) in [4.78, 5) is 14.6. The van der Waals surface area contributed by atoms with Crippen LogP contribution in [0.2, 0.25) is 0 Å². The van der Waals surface area contributed by atoms with Gasteiger partial charge in [0, 0.05) is 17.1 Å². The number of ether oxygens (including phenoxy) is 2. The first-order chi connectivity index (χ1) is 8.70. The van der Waals surface area contributed by atoms with Gasteiger partial charge in [-0.25, -0.2) is 9.78 Å². The molecule has 0 bridgehead atoms. The number of carboxylic acid groups (broad SMARTS) is 1. The van der Waals surface area contributed by atoms with Crippen LogP contribution in [-0.2, 0) is 4.79 Å². The van der Waals surface area contributed by atoms with Crippen molar-refractivity contribution >= 4 is 17.3 Å². The van der Waals surface area contributed by atoms with Crippen LogP contribution in [0.3, 0.4) is 0 Å². The maximum atomic E-state index is 10.5. The molecule has 0 aliphatic heterocycles. The molecule has 0 radical (unpaired) electrons. The second kappa shape index (κ2) is 5.50. The highest BCUT2D eigenvalue weighted by Gasteiger charge is 2.09. The van der Waals surface area contributed by atoms with Gasteiger partial charge in [-0.3, -0.25) is 0 Å². The van der Waals surface area contributed by atoms with E-state index in [1.807, 2.05) is 11.4 Å². The van der Waals surface area contributed by atoms with E-state index in [4.69, 9.17) is 14.6 Å². The topological polar surface area (TPSA) is 68.7 Å². The molecule has 0 aliphatic rings. The average molecular weight is 265 g/mol. The second-order valence-corrected chi connectivity index (χ2v) is 4.28. The summed E-state index contributed by atoms with van der Waals surface area (Å²) in [6, 6.07) is 5.27. The Labute approximate surface area is 108 Å². The zero-order chi connectivity index (χ0) is 13.0. The standard InChI is InChI=1S/C12H11NO4S/c1-16-10-6-8(12-13-4-5-18-12)2-3-9(10)17-7-11(14)15/h2-6H,7H2,1H3,(H,14,15). The van der Waals surface area contributed by atoms with Crippen molar-refractivity contribution < 1.29 is 19.4 Å². The van der Waals surface area contributed by atoms with Crippen molar-refractivity contribution in [2.24, 2.45) is 0 Å². The molecule has 2 rings (SSSR count). The van der Waals surface area contributed by atoms with E-state index in [0.717, 1.165) is 10.6 Å². The average Bonchev–Trinajstić information content (AvgIpc) is 2.90. The Hall–Kier alpha value is -2.08. The van der Waals surface area contributed by atoms with Gasteiger partial charge in [0.2, 0.25) is 0 Å². The van der Waals surface area contributed by atoms with Crippen molar-refractivity contribution in [3.8, 4) is 22.1 Å². The number of rotatable bonds is 5. The Balaban J connectivity index is 2.26. The summed E-state index contributed by atoms with van der Waals surface area (Å²) >= 11 is 1.52. The molecule has 0 unspecified atom stereocenters. The molecule has 18 heavy (non-hydrogen) atoms. The molecular formula is C12H11NO4S. The Bertz CT molecular complexity index is 539. The van der Waals surface area contributed by atoms with Gasteiger partial charge in [0.25, 0.3) is 0 Å². The highest BCUT2D eigenvalue weighted by atomic mass is 32.1. The SMILES string of the molecule is COc1cc(-c2nccs2)ccc1OCC(=O)O. The first-order valence-corrected chi connectivity index (χ1v) is 6.01. The first-order valence-electron chi connectivity index (χ1n) is 5.13. The highest BCUT2D eigenvalue weighted by molar-refractivity contribution is 7.13. The molecule has 5 nitrogen and oxygen atoms in total. The molecule has 6 heteroatoms. The number of methoxy groups -OCH3 is 1. The number of aliphatic carboxylic acids is 1. The smallest absolute Gasteiger partial charge is 0.341 e. The summed E-state index contributed by atoms with van der Waals surface area (Å²) in [5.74, 6) is -0.134. The minimum absolute atomic E-state index is 0.396. The molecule has 2 aromatic rings. The molecule has 1 heterocycles. The summed E-state index contributed by atoms with van der Waals surface area (Å²) in [6.07, 6.45) is 1.72. The number of hydrogen-bond donors (Lipinski definition) is 1. The van der Waals surface area contributed by atoms with Crippen LogP contribution < -0.4 is 9.47 Å². The van der Waals surface area contributed by atoms with Gasteiger partial charge >= 0.3 is 5.97 Å². The lowest BCUT2D eigenvalue weighted by Gasteiger charge is -2.09. The summed E-state index contributed by atoms with van der Waals surface area (Å²) in [5, 5.41) is 11.3. The number of nitrogens with zero attached hydrogens (tertiary/aromatic N) is 1. The predicted molar refractivity (Wildman–Crippen MR) is 67.2 cm³/mol. The normalized spacial score (nSPS) is 10.1. The summed E-state index contributed by atoms with van der Waals surface area (Å²) < 4.78 is 10.3. The number of aromatic nitrogens is 1. The van der Waals surface area contributed by atoms with Crippen LogP contribution in [0, 0.1) is 0 Å². The largest absolute Gasteiger partial charge is 0.493 e. The number of thiazole rings is 1. The van der Waals surface area contributed by atoms with Crippen molar-refractivity contribution in [2.75, 3.05) is 13.7 Å². The predicted octanol–water partition coefficient (Wildman–Crippen LogP) is 2.28. The molecular weight excluding hydrogens is 254 g/mol. The molecule has 0 fully saturated rings. The van der Waals surface area contributed by atoms with Gasteiger partial charge in [-0.15, -0.1) is 11.3 Å². The van der Waals surface area contributed by atoms with Gasteiger partial charge in [0.15, 0.2) is 18.1 Å². The van der Waals surface area contributed by atoms with Crippen molar-refractivity contribution in [3.63, 3.8) is 0 Å². The minimum atomic E-state index is -1.03. The number of carboxylic acids is 1. The van der Waals surface area contributed by atoms with Crippen molar-refractivity contribution in [1.29, 1.82) is 0 Å². The Morgan fingerprint density at radius 3 is 2.89 bits per heavy atom.